The number of nitrogens with one attached hydrogen (secondary N) is 1. The topological polar surface area (TPSA) is 64.1 Å². The molecular weight excluding hydrogens is 234 g/mol. The summed E-state index contributed by atoms with van der Waals surface area (Å²) in [6, 6.07) is 15.2. The molecule has 0 aliphatic heterocycles. The number of hydrogen-bond acceptors (Lipinski definition) is 3. The van der Waals surface area contributed by atoms with E-state index in [1.54, 1.807) is 12.1 Å². The van der Waals surface area contributed by atoms with Crippen molar-refractivity contribution in [1.29, 1.82) is 0 Å². The highest BCUT2D eigenvalue weighted by atomic mass is 35.5. The van der Waals surface area contributed by atoms with Gasteiger partial charge >= 0.3 is 0 Å². The standard InChI is InChI=1S/C13H14ClN3/c14-10-6-7-11(12(15)8-10)13(17-16)9-4-2-1-3-5-9/h1-8,13,17H,15-16H2. The van der Waals surface area contributed by atoms with Crippen molar-refractivity contribution in [3.63, 3.8) is 0 Å². The van der Waals surface area contributed by atoms with Crippen molar-refractivity contribution in [3.8, 4) is 0 Å². The first-order valence-corrected chi connectivity index (χ1v) is 5.66. The maximum absolute atomic E-state index is 5.96. The molecule has 0 aliphatic carbocycles. The molecule has 0 aromatic heterocycles. The summed E-state index contributed by atoms with van der Waals surface area (Å²) >= 11 is 5.88. The van der Waals surface area contributed by atoms with E-state index in [4.69, 9.17) is 23.2 Å². The second-order valence-corrected chi connectivity index (χ2v) is 4.22. The molecule has 0 spiro atoms. The number of hydrogen-bond donors (Lipinski definition) is 3. The van der Waals surface area contributed by atoms with Crippen LogP contribution in [0.25, 0.3) is 0 Å². The third-order valence-corrected chi connectivity index (χ3v) is 2.89. The fraction of sp³-hybridized carbons (Fsp3) is 0.0769. The monoisotopic (exact) mass is 247 g/mol. The number of hydrazine groups is 1. The Morgan fingerprint density at radius 2 is 1.76 bits per heavy atom. The Balaban J connectivity index is 2.42. The number of rotatable bonds is 3. The lowest BCUT2D eigenvalue weighted by Gasteiger charge is -2.18. The lowest BCUT2D eigenvalue weighted by molar-refractivity contribution is 0.638. The maximum Gasteiger partial charge on any atom is 0.0730 e. The molecule has 0 heterocycles. The largest absolute Gasteiger partial charge is 0.398 e. The Morgan fingerprint density at radius 3 is 2.35 bits per heavy atom. The average molecular weight is 248 g/mol. The van der Waals surface area contributed by atoms with Crippen LogP contribution in [-0.2, 0) is 0 Å². The molecule has 0 radical (unpaired) electrons. The van der Waals surface area contributed by atoms with Gasteiger partial charge in [-0.1, -0.05) is 48.0 Å². The average Bonchev–Trinajstić information content (AvgIpc) is 2.34. The predicted molar refractivity (Wildman–Crippen MR) is 71.5 cm³/mol. The molecule has 2 aromatic carbocycles. The summed E-state index contributed by atoms with van der Waals surface area (Å²) < 4.78 is 0. The molecule has 0 saturated carbocycles. The summed E-state index contributed by atoms with van der Waals surface area (Å²) in [5, 5.41) is 0.620. The lowest BCUT2D eigenvalue weighted by atomic mass is 9.98. The predicted octanol–water partition coefficient (Wildman–Crippen LogP) is 2.47. The van der Waals surface area contributed by atoms with Gasteiger partial charge in [-0.2, -0.15) is 0 Å². The first kappa shape index (κ1) is 11.9. The summed E-state index contributed by atoms with van der Waals surface area (Å²) in [5.41, 5.74) is 11.3. The van der Waals surface area contributed by atoms with Crippen molar-refractivity contribution in [2.45, 2.75) is 6.04 Å². The summed E-state index contributed by atoms with van der Waals surface area (Å²) in [7, 11) is 0. The van der Waals surface area contributed by atoms with E-state index >= 15 is 0 Å². The second kappa shape index (κ2) is 5.19. The minimum Gasteiger partial charge on any atom is -0.398 e. The summed E-state index contributed by atoms with van der Waals surface area (Å²) in [4.78, 5) is 0. The van der Waals surface area contributed by atoms with E-state index in [1.807, 2.05) is 36.4 Å². The molecule has 0 amide bonds. The third kappa shape index (κ3) is 2.58. The molecule has 3 nitrogen and oxygen atoms in total. The van der Waals surface area contributed by atoms with Gasteiger partial charge in [-0.05, 0) is 23.3 Å². The molecule has 17 heavy (non-hydrogen) atoms. The van der Waals surface area contributed by atoms with Gasteiger partial charge in [-0.3, -0.25) is 5.84 Å². The summed E-state index contributed by atoms with van der Waals surface area (Å²) in [6.07, 6.45) is 0. The highest BCUT2D eigenvalue weighted by molar-refractivity contribution is 6.30. The number of anilines is 1. The van der Waals surface area contributed by atoms with Crippen LogP contribution in [0, 0.1) is 0 Å². The third-order valence-electron chi connectivity index (χ3n) is 2.66. The van der Waals surface area contributed by atoms with Crippen molar-refractivity contribution in [2.75, 3.05) is 5.73 Å². The molecule has 2 aromatic rings. The van der Waals surface area contributed by atoms with E-state index in [2.05, 4.69) is 5.43 Å². The highest BCUT2D eigenvalue weighted by Crippen LogP contribution is 2.28. The number of halogens is 1. The van der Waals surface area contributed by atoms with Crippen LogP contribution in [0.2, 0.25) is 5.02 Å². The molecule has 1 atom stereocenters. The number of nitrogen functional groups attached to an aromatic ring is 1. The van der Waals surface area contributed by atoms with E-state index in [0.29, 0.717) is 10.7 Å². The zero-order valence-electron chi connectivity index (χ0n) is 9.23. The van der Waals surface area contributed by atoms with E-state index < -0.39 is 0 Å². The van der Waals surface area contributed by atoms with Crippen LogP contribution >= 0.6 is 11.6 Å². The molecular formula is C13H14ClN3. The fourth-order valence-electron chi connectivity index (χ4n) is 1.82. The molecule has 0 aliphatic rings. The van der Waals surface area contributed by atoms with E-state index in [-0.39, 0.29) is 6.04 Å². The van der Waals surface area contributed by atoms with Gasteiger partial charge in [0.2, 0.25) is 0 Å². The minimum absolute atomic E-state index is 0.131. The van der Waals surface area contributed by atoms with Crippen molar-refractivity contribution in [1.82, 2.24) is 5.43 Å². The zero-order valence-corrected chi connectivity index (χ0v) is 9.98. The summed E-state index contributed by atoms with van der Waals surface area (Å²) in [5.74, 6) is 5.61. The van der Waals surface area contributed by atoms with Crippen LogP contribution in [-0.4, -0.2) is 0 Å². The maximum atomic E-state index is 5.96. The van der Waals surface area contributed by atoms with E-state index in [1.165, 1.54) is 0 Å². The van der Waals surface area contributed by atoms with Crippen molar-refractivity contribution >= 4 is 17.3 Å². The van der Waals surface area contributed by atoms with Crippen LogP contribution in [0.15, 0.2) is 48.5 Å². The van der Waals surface area contributed by atoms with E-state index in [0.717, 1.165) is 11.1 Å². The van der Waals surface area contributed by atoms with Gasteiger partial charge in [-0.15, -0.1) is 0 Å². The highest BCUT2D eigenvalue weighted by Gasteiger charge is 2.14. The van der Waals surface area contributed by atoms with E-state index in [9.17, 15) is 0 Å². The van der Waals surface area contributed by atoms with Crippen molar-refractivity contribution in [2.24, 2.45) is 5.84 Å². The van der Waals surface area contributed by atoms with Crippen LogP contribution in [0.1, 0.15) is 17.2 Å². The summed E-state index contributed by atoms with van der Waals surface area (Å²) in [6.45, 7) is 0. The fourth-order valence-corrected chi connectivity index (χ4v) is 2.00. The molecule has 1 unspecified atom stereocenters. The lowest BCUT2D eigenvalue weighted by Crippen LogP contribution is -2.29. The van der Waals surface area contributed by atoms with Gasteiger partial charge in [0.05, 0.1) is 6.04 Å². The van der Waals surface area contributed by atoms with Gasteiger partial charge in [0.1, 0.15) is 0 Å². The first-order valence-electron chi connectivity index (χ1n) is 5.28. The second-order valence-electron chi connectivity index (χ2n) is 3.78. The molecule has 5 N–H and O–H groups in total. The van der Waals surface area contributed by atoms with Crippen molar-refractivity contribution < 1.29 is 0 Å². The minimum atomic E-state index is -0.131. The van der Waals surface area contributed by atoms with Crippen molar-refractivity contribution in [3.05, 3.63) is 64.7 Å². The molecule has 4 heteroatoms. The van der Waals surface area contributed by atoms with Crippen LogP contribution in [0.5, 0.6) is 0 Å². The van der Waals surface area contributed by atoms with Gasteiger partial charge < -0.3 is 5.73 Å². The normalized spacial score (nSPS) is 12.4. The van der Waals surface area contributed by atoms with Gasteiger partial charge in [0.25, 0.3) is 0 Å². The molecule has 88 valence electrons. The van der Waals surface area contributed by atoms with Crippen LogP contribution in [0.4, 0.5) is 5.69 Å². The Morgan fingerprint density at radius 1 is 1.06 bits per heavy atom. The molecule has 0 bridgehead atoms. The zero-order chi connectivity index (χ0) is 12.3. The van der Waals surface area contributed by atoms with Crippen LogP contribution in [0.3, 0.4) is 0 Å². The van der Waals surface area contributed by atoms with Crippen LogP contribution < -0.4 is 17.0 Å². The quantitative estimate of drug-likeness (QED) is 0.444. The number of nitrogens with two attached hydrogens (primary N) is 2. The first-order chi connectivity index (χ1) is 8.22. The molecule has 0 fully saturated rings. The van der Waals surface area contributed by atoms with Gasteiger partial charge in [0, 0.05) is 10.7 Å². The van der Waals surface area contributed by atoms with Gasteiger partial charge in [-0.25, -0.2) is 5.43 Å². The Hall–Kier alpha value is -1.55. The molecule has 2 rings (SSSR count). The number of benzene rings is 2. The Labute approximate surface area is 105 Å². The Bertz CT molecular complexity index is 499. The molecule has 0 saturated heterocycles. The smallest absolute Gasteiger partial charge is 0.0730 e. The SMILES string of the molecule is NNC(c1ccccc1)c1ccc(Cl)cc1N. The van der Waals surface area contributed by atoms with Gasteiger partial charge in [0.15, 0.2) is 0 Å². The Kier molecular flexibility index (Phi) is 3.64.